The van der Waals surface area contributed by atoms with Crippen molar-refractivity contribution in [1.29, 1.82) is 0 Å². The molecule has 0 aromatic carbocycles. The first-order chi connectivity index (χ1) is 30.6. The lowest BCUT2D eigenvalue weighted by Crippen LogP contribution is -2.34. The molecular formula is C56H86N2O3S2. The Bertz CT molecular complexity index is 1890. The number of fused-ring (bicyclic) bond motifs is 1. The minimum atomic E-state index is 0.0253. The molecule has 7 heteroatoms. The molecule has 2 aliphatic heterocycles. The van der Waals surface area contributed by atoms with Crippen LogP contribution in [0.3, 0.4) is 0 Å². The van der Waals surface area contributed by atoms with Gasteiger partial charge in [0.15, 0.2) is 0 Å². The van der Waals surface area contributed by atoms with E-state index in [9.17, 15) is 0 Å². The first-order valence-electron chi connectivity index (χ1n) is 26.1. The number of amides is 2. The summed E-state index contributed by atoms with van der Waals surface area (Å²) in [5.41, 5.74) is 3.00. The van der Waals surface area contributed by atoms with Crippen molar-refractivity contribution in [3.05, 3.63) is 67.9 Å². The third kappa shape index (κ3) is 14.3. The quantitative estimate of drug-likeness (QED) is 0.0572. The van der Waals surface area contributed by atoms with E-state index in [1.165, 1.54) is 133 Å². The first-order valence-corrected chi connectivity index (χ1v) is 27.7. The van der Waals surface area contributed by atoms with Gasteiger partial charge in [0.2, 0.25) is 0 Å². The third-order valence-corrected chi connectivity index (χ3v) is 16.1. The van der Waals surface area contributed by atoms with Crippen LogP contribution in [-0.4, -0.2) is 34.7 Å². The molecular weight excluding hydrogens is 813 g/mol. The molecule has 3 aromatic rings. The van der Waals surface area contributed by atoms with E-state index in [-0.39, 0.29) is 11.8 Å². The number of carbonyl (C=O) groups is 2. The Kier molecular flexibility index (Phi) is 21.8. The van der Waals surface area contributed by atoms with E-state index >= 15 is 9.59 Å². The van der Waals surface area contributed by atoms with Crippen molar-refractivity contribution in [2.45, 2.75) is 221 Å². The van der Waals surface area contributed by atoms with Crippen molar-refractivity contribution < 1.29 is 14.0 Å². The van der Waals surface area contributed by atoms with Crippen LogP contribution in [0, 0.1) is 11.8 Å². The van der Waals surface area contributed by atoms with Gasteiger partial charge >= 0.3 is 0 Å². The lowest BCUT2D eigenvalue weighted by atomic mass is 9.93. The Hall–Kier alpha value is -2.90. The van der Waals surface area contributed by atoms with Gasteiger partial charge in [0.1, 0.15) is 11.5 Å². The van der Waals surface area contributed by atoms with Gasteiger partial charge in [-0.3, -0.25) is 9.59 Å². The summed E-state index contributed by atoms with van der Waals surface area (Å²) < 4.78 is 6.37. The Morgan fingerprint density at radius 3 is 1.27 bits per heavy atom. The van der Waals surface area contributed by atoms with Gasteiger partial charge in [-0.2, -0.15) is 0 Å². The smallest absolute Gasteiger partial charge is 0.261 e. The highest BCUT2D eigenvalue weighted by molar-refractivity contribution is 7.16. The standard InChI is InChI=1S/C56H86N2O3S2/c1-9-13-17-21-23-27-31-43(29-25-19-15-11-3)39-57-53(49-37-35-47(62-49)42(7)8)51-52(56(57)60)54(50-38-36-48(63-50)46-34-33-45(61-46)41(5)6)58(55(51)59)40-44(30-26-20-16-12-4)32-28-24-22-18-14-10-2/h33-38,41-44H,9-32,39-40H2,1-8H3. The highest BCUT2D eigenvalue weighted by Crippen LogP contribution is 2.50. The Balaban J connectivity index is 1.58. The van der Waals surface area contributed by atoms with E-state index in [2.05, 4.69) is 102 Å². The van der Waals surface area contributed by atoms with Crippen molar-refractivity contribution in [3.8, 4) is 10.6 Å². The lowest BCUT2D eigenvalue weighted by molar-refractivity contribution is -0.124. The fourth-order valence-electron chi connectivity index (χ4n) is 9.76. The Morgan fingerprint density at radius 1 is 0.460 bits per heavy atom. The molecule has 0 N–H and O–H groups in total. The molecule has 2 unspecified atom stereocenters. The normalized spacial score (nSPS) is 15.4. The highest BCUT2D eigenvalue weighted by atomic mass is 32.1. The average Bonchev–Trinajstić information content (AvgIpc) is 4.12. The van der Waals surface area contributed by atoms with Crippen LogP contribution in [0.4, 0.5) is 0 Å². The van der Waals surface area contributed by atoms with Gasteiger partial charge in [-0.15, -0.1) is 22.7 Å². The van der Waals surface area contributed by atoms with Gasteiger partial charge in [-0.05, 0) is 79.8 Å². The van der Waals surface area contributed by atoms with E-state index in [0.29, 0.717) is 47.9 Å². The molecule has 2 aliphatic rings. The molecule has 5 nitrogen and oxygen atoms in total. The maximum absolute atomic E-state index is 15.6. The molecule has 3 aromatic heterocycles. The number of hydrogen-bond acceptors (Lipinski definition) is 5. The van der Waals surface area contributed by atoms with Gasteiger partial charge in [0.25, 0.3) is 11.8 Å². The van der Waals surface area contributed by atoms with E-state index in [0.717, 1.165) is 63.2 Å². The molecule has 2 atom stereocenters. The number of thiophene rings is 2. The van der Waals surface area contributed by atoms with Gasteiger partial charge in [-0.25, -0.2) is 0 Å². The molecule has 5 heterocycles. The SMILES string of the molecule is CCCCCCCCC(CCCCCC)CN1C(=O)C2=C(c3ccc(C(C)C)s3)N(CC(CCCCCC)CCCCCCCC)C(=O)C2=C1c1ccc(-c2ccc(C(C)C)o2)s1. The molecule has 0 saturated heterocycles. The number of rotatable bonds is 33. The predicted molar refractivity (Wildman–Crippen MR) is 272 cm³/mol. The maximum atomic E-state index is 15.6. The van der Waals surface area contributed by atoms with Gasteiger partial charge in [0.05, 0.1) is 37.2 Å². The third-order valence-electron chi connectivity index (χ3n) is 13.6. The number of nitrogens with zero attached hydrogens (tertiary/aromatic N) is 2. The van der Waals surface area contributed by atoms with Crippen LogP contribution in [0.2, 0.25) is 0 Å². The molecule has 0 saturated carbocycles. The molecule has 2 amide bonds. The minimum Gasteiger partial charge on any atom is -0.460 e. The van der Waals surface area contributed by atoms with E-state index in [1.807, 2.05) is 0 Å². The summed E-state index contributed by atoms with van der Waals surface area (Å²) in [7, 11) is 0. The van der Waals surface area contributed by atoms with Crippen LogP contribution in [0.1, 0.15) is 242 Å². The van der Waals surface area contributed by atoms with Gasteiger partial charge < -0.3 is 14.2 Å². The topological polar surface area (TPSA) is 53.8 Å². The van der Waals surface area contributed by atoms with Crippen LogP contribution in [0.25, 0.3) is 22.0 Å². The molecule has 0 aliphatic carbocycles. The highest BCUT2D eigenvalue weighted by Gasteiger charge is 2.50. The fourth-order valence-corrected chi connectivity index (χ4v) is 11.9. The van der Waals surface area contributed by atoms with Gasteiger partial charge in [0, 0.05) is 23.9 Å². The van der Waals surface area contributed by atoms with E-state index in [1.54, 1.807) is 22.7 Å². The van der Waals surface area contributed by atoms with Crippen LogP contribution >= 0.6 is 22.7 Å². The lowest BCUT2D eigenvalue weighted by Gasteiger charge is -2.29. The summed E-state index contributed by atoms with van der Waals surface area (Å²) in [5, 5.41) is 0. The summed E-state index contributed by atoms with van der Waals surface area (Å²) >= 11 is 3.44. The summed E-state index contributed by atoms with van der Waals surface area (Å²) in [6, 6.07) is 12.9. The van der Waals surface area contributed by atoms with Crippen LogP contribution in [-0.2, 0) is 9.59 Å². The van der Waals surface area contributed by atoms with Crippen LogP contribution < -0.4 is 0 Å². The van der Waals surface area contributed by atoms with Crippen molar-refractivity contribution in [1.82, 2.24) is 9.80 Å². The molecule has 0 bridgehead atoms. The second-order valence-electron chi connectivity index (χ2n) is 19.7. The summed E-state index contributed by atoms with van der Waals surface area (Å²) in [6.45, 7) is 19.3. The molecule has 0 fully saturated rings. The summed E-state index contributed by atoms with van der Waals surface area (Å²) in [4.78, 5) is 39.7. The van der Waals surface area contributed by atoms with Crippen LogP contribution in [0.5, 0.6) is 0 Å². The second-order valence-corrected chi connectivity index (χ2v) is 21.9. The number of hydrogen-bond donors (Lipinski definition) is 0. The molecule has 350 valence electrons. The maximum Gasteiger partial charge on any atom is 0.261 e. The molecule has 5 rings (SSSR count). The number of furan rings is 1. The zero-order valence-electron chi connectivity index (χ0n) is 41.1. The van der Waals surface area contributed by atoms with E-state index < -0.39 is 0 Å². The Labute approximate surface area is 392 Å². The van der Waals surface area contributed by atoms with Gasteiger partial charge in [-0.1, -0.05) is 184 Å². The monoisotopic (exact) mass is 899 g/mol. The zero-order valence-corrected chi connectivity index (χ0v) is 42.7. The van der Waals surface area contributed by atoms with E-state index in [4.69, 9.17) is 4.42 Å². The van der Waals surface area contributed by atoms with Crippen molar-refractivity contribution in [2.75, 3.05) is 13.1 Å². The zero-order chi connectivity index (χ0) is 45.1. The molecule has 0 radical (unpaired) electrons. The van der Waals surface area contributed by atoms with Crippen molar-refractivity contribution in [2.24, 2.45) is 11.8 Å². The number of unbranched alkanes of at least 4 members (excludes halogenated alkanes) is 16. The Morgan fingerprint density at radius 2 is 0.857 bits per heavy atom. The second kappa shape index (κ2) is 26.9. The predicted octanol–water partition coefficient (Wildman–Crippen LogP) is 17.8. The summed E-state index contributed by atoms with van der Waals surface area (Å²) in [6.07, 6.45) is 29.6. The minimum absolute atomic E-state index is 0.0253. The summed E-state index contributed by atoms with van der Waals surface area (Å²) in [5.74, 6) is 3.33. The van der Waals surface area contributed by atoms with Crippen LogP contribution in [0.15, 0.2) is 52.0 Å². The molecule has 0 spiro atoms. The van der Waals surface area contributed by atoms with Crippen molar-refractivity contribution in [3.63, 3.8) is 0 Å². The largest absolute Gasteiger partial charge is 0.460 e. The number of carbonyl (C=O) groups excluding carboxylic acids is 2. The fraction of sp³-hybridized carbons (Fsp3) is 0.679. The molecule has 63 heavy (non-hydrogen) atoms. The first kappa shape index (κ1) is 51.1. The average molecular weight is 899 g/mol. The van der Waals surface area contributed by atoms with Crippen molar-refractivity contribution >= 4 is 45.9 Å².